The monoisotopic (exact) mass is 301 g/mol. The molecule has 2 rings (SSSR count). The maximum atomic E-state index is 13.1. The van der Waals surface area contributed by atoms with Crippen molar-refractivity contribution in [3.8, 4) is 0 Å². The zero-order valence-electron chi connectivity index (χ0n) is 11.9. The molecule has 1 aromatic rings. The van der Waals surface area contributed by atoms with Gasteiger partial charge in [0.15, 0.2) is 0 Å². The van der Waals surface area contributed by atoms with Gasteiger partial charge in [0.1, 0.15) is 0 Å². The molecule has 0 spiro atoms. The first kappa shape index (κ1) is 15.8. The van der Waals surface area contributed by atoms with Crippen LogP contribution < -0.4 is 0 Å². The molecule has 1 aromatic carbocycles. The molecule has 1 aliphatic rings. The predicted octanol–water partition coefficient (Wildman–Crippen LogP) is 3.52. The maximum absolute atomic E-state index is 13.1. The molecule has 0 N–H and O–H groups in total. The highest BCUT2D eigenvalue weighted by atomic mass is 19.4. The normalized spacial score (nSPS) is 24.1. The van der Waals surface area contributed by atoms with Gasteiger partial charge in [-0.15, -0.1) is 0 Å². The smallest absolute Gasteiger partial charge is 0.347 e. The first-order valence-electron chi connectivity index (χ1n) is 6.91. The lowest BCUT2D eigenvalue weighted by Gasteiger charge is -2.31. The lowest BCUT2D eigenvalue weighted by atomic mass is 10.0. The van der Waals surface area contributed by atoms with E-state index in [0.717, 1.165) is 4.90 Å². The van der Waals surface area contributed by atoms with Crippen LogP contribution in [-0.2, 0) is 9.53 Å². The molecule has 0 bridgehead atoms. The molecule has 3 atom stereocenters. The van der Waals surface area contributed by atoms with Gasteiger partial charge in [0, 0.05) is 5.92 Å². The number of alkyl halides is 3. The minimum Gasteiger partial charge on any atom is -0.347 e. The van der Waals surface area contributed by atoms with Gasteiger partial charge in [0.2, 0.25) is 12.1 Å². The summed E-state index contributed by atoms with van der Waals surface area (Å²) in [4.78, 5) is 13.2. The average molecular weight is 301 g/mol. The number of carbonyl (C=O) groups excluding carboxylic acids is 1. The van der Waals surface area contributed by atoms with Gasteiger partial charge in [-0.25, -0.2) is 0 Å². The van der Waals surface area contributed by atoms with Crippen molar-refractivity contribution in [1.29, 1.82) is 0 Å². The standard InChI is InChI=1S/C15H18F3NO2/c1-3-10(2)13(20)19-12(11-7-5-4-6-8-11)9-21-14(19)15(16,17)18/h4-8,10,12,14H,3,9H2,1-2H3/t10-,12-,14+/m0/s1. The number of nitrogens with zero attached hydrogens (tertiary/aromatic N) is 1. The van der Waals surface area contributed by atoms with Gasteiger partial charge in [0.05, 0.1) is 12.6 Å². The summed E-state index contributed by atoms with van der Waals surface area (Å²) >= 11 is 0. The van der Waals surface area contributed by atoms with Crippen molar-refractivity contribution in [2.45, 2.75) is 38.7 Å². The number of ether oxygens (including phenoxy) is 1. The maximum Gasteiger partial charge on any atom is 0.433 e. The molecule has 1 heterocycles. The van der Waals surface area contributed by atoms with Crippen molar-refractivity contribution < 1.29 is 22.7 Å². The quantitative estimate of drug-likeness (QED) is 0.855. The van der Waals surface area contributed by atoms with Crippen LogP contribution in [0.5, 0.6) is 0 Å². The molecule has 1 aliphatic heterocycles. The number of amides is 1. The van der Waals surface area contributed by atoms with Gasteiger partial charge in [-0.2, -0.15) is 13.2 Å². The predicted molar refractivity (Wildman–Crippen MR) is 71.3 cm³/mol. The summed E-state index contributed by atoms with van der Waals surface area (Å²) in [5.74, 6) is -0.992. The minimum atomic E-state index is -4.59. The van der Waals surface area contributed by atoms with Crippen LogP contribution in [0.4, 0.5) is 13.2 Å². The third-order valence-corrected chi connectivity index (χ3v) is 3.75. The summed E-state index contributed by atoms with van der Waals surface area (Å²) in [6.07, 6.45) is -6.27. The van der Waals surface area contributed by atoms with Gasteiger partial charge in [0.25, 0.3) is 0 Å². The highest BCUT2D eigenvalue weighted by molar-refractivity contribution is 5.79. The fourth-order valence-corrected chi connectivity index (χ4v) is 2.39. The van der Waals surface area contributed by atoms with E-state index in [1.807, 2.05) is 0 Å². The molecule has 0 aromatic heterocycles. The Hall–Kier alpha value is -1.56. The fourth-order valence-electron chi connectivity index (χ4n) is 2.39. The Morgan fingerprint density at radius 1 is 1.38 bits per heavy atom. The zero-order chi connectivity index (χ0) is 15.6. The van der Waals surface area contributed by atoms with Gasteiger partial charge in [-0.1, -0.05) is 44.2 Å². The number of rotatable bonds is 3. The van der Waals surface area contributed by atoms with Crippen LogP contribution in [0.3, 0.4) is 0 Å². The summed E-state index contributed by atoms with van der Waals surface area (Å²) in [6, 6.07) is 7.98. The molecule has 116 valence electrons. The largest absolute Gasteiger partial charge is 0.433 e. The second-order valence-electron chi connectivity index (χ2n) is 5.21. The zero-order valence-corrected chi connectivity index (χ0v) is 11.9. The molecule has 0 saturated carbocycles. The second-order valence-corrected chi connectivity index (χ2v) is 5.21. The molecular weight excluding hydrogens is 283 g/mol. The van der Waals surface area contributed by atoms with Crippen LogP contribution in [0.2, 0.25) is 0 Å². The lowest BCUT2D eigenvalue weighted by Crippen LogP contribution is -2.48. The molecule has 1 fully saturated rings. The summed E-state index contributed by atoms with van der Waals surface area (Å²) in [5, 5.41) is 0. The molecule has 0 aliphatic carbocycles. The number of hydrogen-bond acceptors (Lipinski definition) is 2. The Balaban J connectivity index is 2.35. The van der Waals surface area contributed by atoms with E-state index in [1.165, 1.54) is 0 Å². The van der Waals surface area contributed by atoms with E-state index in [9.17, 15) is 18.0 Å². The average Bonchev–Trinajstić information content (AvgIpc) is 2.91. The number of halogens is 3. The summed E-state index contributed by atoms with van der Waals surface area (Å²) in [7, 11) is 0. The SMILES string of the molecule is CC[C@H](C)C(=O)N1[C@H](c2ccccc2)CO[C@@H]1C(F)(F)F. The minimum absolute atomic E-state index is 0.142. The van der Waals surface area contributed by atoms with Crippen LogP contribution in [0.15, 0.2) is 30.3 Å². The molecule has 0 unspecified atom stereocenters. The molecule has 1 saturated heterocycles. The first-order valence-corrected chi connectivity index (χ1v) is 6.91. The highest BCUT2D eigenvalue weighted by Gasteiger charge is 2.53. The van der Waals surface area contributed by atoms with Gasteiger partial charge in [-0.3, -0.25) is 9.69 Å². The Kier molecular flexibility index (Phi) is 4.56. The third kappa shape index (κ3) is 3.20. The van der Waals surface area contributed by atoms with Crippen molar-refractivity contribution >= 4 is 5.91 Å². The van der Waals surface area contributed by atoms with Crippen molar-refractivity contribution in [3.05, 3.63) is 35.9 Å². The van der Waals surface area contributed by atoms with Crippen molar-refractivity contribution in [2.75, 3.05) is 6.61 Å². The Labute approximate surface area is 121 Å². The van der Waals surface area contributed by atoms with E-state index in [0.29, 0.717) is 12.0 Å². The number of benzene rings is 1. The molecule has 3 nitrogen and oxygen atoms in total. The van der Waals surface area contributed by atoms with E-state index in [4.69, 9.17) is 4.74 Å². The van der Waals surface area contributed by atoms with Crippen LogP contribution >= 0.6 is 0 Å². The van der Waals surface area contributed by atoms with Crippen molar-refractivity contribution in [3.63, 3.8) is 0 Å². The topological polar surface area (TPSA) is 29.5 Å². The van der Waals surface area contributed by atoms with E-state index < -0.39 is 30.3 Å². The van der Waals surface area contributed by atoms with Gasteiger partial charge < -0.3 is 4.74 Å². The molecule has 1 amide bonds. The highest BCUT2D eigenvalue weighted by Crippen LogP contribution is 2.39. The third-order valence-electron chi connectivity index (χ3n) is 3.75. The second kappa shape index (κ2) is 6.05. The van der Waals surface area contributed by atoms with Crippen LogP contribution in [0, 0.1) is 5.92 Å². The fraction of sp³-hybridized carbons (Fsp3) is 0.533. The van der Waals surface area contributed by atoms with Crippen molar-refractivity contribution in [2.24, 2.45) is 5.92 Å². The van der Waals surface area contributed by atoms with Crippen LogP contribution in [0.1, 0.15) is 31.9 Å². The summed E-state index contributed by atoms with van der Waals surface area (Å²) in [5.41, 5.74) is 0.654. The Morgan fingerprint density at radius 2 is 2.00 bits per heavy atom. The van der Waals surface area contributed by atoms with E-state index in [1.54, 1.807) is 44.2 Å². The Morgan fingerprint density at radius 3 is 2.52 bits per heavy atom. The first-order chi connectivity index (χ1) is 9.86. The Bertz CT molecular complexity index is 489. The van der Waals surface area contributed by atoms with E-state index in [-0.39, 0.29) is 6.61 Å². The van der Waals surface area contributed by atoms with Crippen molar-refractivity contribution in [1.82, 2.24) is 4.90 Å². The van der Waals surface area contributed by atoms with Gasteiger partial charge in [-0.05, 0) is 12.0 Å². The molecule has 0 radical (unpaired) electrons. The van der Waals surface area contributed by atoms with E-state index in [2.05, 4.69) is 0 Å². The molecular formula is C15H18F3NO2. The van der Waals surface area contributed by atoms with E-state index >= 15 is 0 Å². The molecule has 21 heavy (non-hydrogen) atoms. The molecule has 6 heteroatoms. The summed E-state index contributed by atoms with van der Waals surface area (Å²) in [6.45, 7) is 3.27. The summed E-state index contributed by atoms with van der Waals surface area (Å²) < 4.78 is 44.2. The van der Waals surface area contributed by atoms with Crippen LogP contribution in [-0.4, -0.2) is 29.8 Å². The lowest BCUT2D eigenvalue weighted by molar-refractivity contribution is -0.240. The van der Waals surface area contributed by atoms with Crippen LogP contribution in [0.25, 0.3) is 0 Å². The number of carbonyl (C=O) groups is 1. The number of hydrogen-bond donors (Lipinski definition) is 0. The van der Waals surface area contributed by atoms with Gasteiger partial charge >= 0.3 is 6.18 Å².